The number of nitrogens with one attached hydrogen (secondary N) is 2. The van der Waals surface area contributed by atoms with Crippen molar-refractivity contribution in [2.24, 2.45) is 0 Å². The molecule has 0 aliphatic rings. The molecule has 2 aromatic heterocycles. The molecule has 0 fully saturated rings. The van der Waals surface area contributed by atoms with Crippen LogP contribution < -0.4 is 30.5 Å². The van der Waals surface area contributed by atoms with Gasteiger partial charge >= 0.3 is 5.69 Å². The van der Waals surface area contributed by atoms with E-state index in [1.807, 2.05) is 0 Å². The summed E-state index contributed by atoms with van der Waals surface area (Å²) in [7, 11) is 4.40. The molecule has 11 nitrogen and oxygen atoms in total. The van der Waals surface area contributed by atoms with E-state index in [4.69, 9.17) is 14.2 Å². The lowest BCUT2D eigenvalue weighted by Crippen LogP contribution is -2.28. The fraction of sp³-hybridized carbons (Fsp3) is 0.182. The van der Waals surface area contributed by atoms with E-state index in [0.29, 0.717) is 34.4 Å². The van der Waals surface area contributed by atoms with Crippen molar-refractivity contribution < 1.29 is 23.4 Å². The molecule has 0 unspecified atom stereocenters. The van der Waals surface area contributed by atoms with Crippen molar-refractivity contribution in [1.82, 2.24) is 19.2 Å². The molecule has 2 N–H and O–H groups in total. The number of carbonyl (C=O) groups excluding carboxylic acids is 1. The van der Waals surface area contributed by atoms with Crippen molar-refractivity contribution >= 4 is 28.9 Å². The fourth-order valence-corrected chi connectivity index (χ4v) is 3.25. The highest BCUT2D eigenvalue weighted by Crippen LogP contribution is 2.39. The second kappa shape index (κ2) is 9.48. The Kier molecular flexibility index (Phi) is 6.30. The van der Waals surface area contributed by atoms with Gasteiger partial charge in [0.25, 0.3) is 5.78 Å². The Balaban J connectivity index is 1.52. The van der Waals surface area contributed by atoms with Gasteiger partial charge in [-0.3, -0.25) is 4.79 Å². The van der Waals surface area contributed by atoms with Gasteiger partial charge in [-0.2, -0.15) is 4.98 Å². The number of hydrogen-bond donors (Lipinski definition) is 2. The van der Waals surface area contributed by atoms with Crippen LogP contribution in [0.5, 0.6) is 17.2 Å². The number of aromatic nitrogens is 4. The summed E-state index contributed by atoms with van der Waals surface area (Å²) < 4.78 is 31.1. The summed E-state index contributed by atoms with van der Waals surface area (Å²) in [6.07, 6.45) is 1.48. The first-order valence-corrected chi connectivity index (χ1v) is 10.0. The molecule has 176 valence electrons. The topological polar surface area (TPSA) is 121 Å². The van der Waals surface area contributed by atoms with Gasteiger partial charge in [-0.1, -0.05) is 0 Å². The molecule has 0 atom stereocenters. The van der Waals surface area contributed by atoms with E-state index >= 15 is 0 Å². The molecule has 0 saturated carbocycles. The van der Waals surface area contributed by atoms with Crippen molar-refractivity contribution in [3.63, 3.8) is 0 Å². The molecule has 1 amide bonds. The smallest absolute Gasteiger partial charge is 0.352 e. The van der Waals surface area contributed by atoms with Gasteiger partial charge in [-0.25, -0.2) is 18.3 Å². The van der Waals surface area contributed by atoms with Crippen molar-refractivity contribution in [3.8, 4) is 17.2 Å². The van der Waals surface area contributed by atoms with Crippen molar-refractivity contribution in [1.29, 1.82) is 0 Å². The SMILES string of the molecule is COc1cc(NC(=O)Cn2nc3nc(Nc4ccc(F)cc4)ccn3c2=O)cc(OC)c1OC. The molecule has 0 radical (unpaired) electrons. The van der Waals surface area contributed by atoms with Crippen LogP contribution in [0.25, 0.3) is 5.78 Å². The van der Waals surface area contributed by atoms with E-state index in [9.17, 15) is 14.0 Å². The molecule has 4 aromatic rings. The maximum atomic E-state index is 13.1. The normalized spacial score (nSPS) is 10.7. The van der Waals surface area contributed by atoms with Crippen LogP contribution in [-0.2, 0) is 11.3 Å². The number of halogens is 1. The summed E-state index contributed by atoms with van der Waals surface area (Å²) in [5.74, 6) is 0.764. The number of methoxy groups -OCH3 is 3. The standard InChI is InChI=1S/C22H21FN6O5/c1-32-16-10-15(11-17(33-2)20(16)34-3)25-19(30)12-29-22(31)28-9-8-18(26-21(28)27-29)24-14-6-4-13(23)5-7-14/h4-11H,12H2,1-3H3,(H,25,30)(H,24,26,27). The molecule has 0 aliphatic carbocycles. The summed E-state index contributed by atoms with van der Waals surface area (Å²) >= 11 is 0. The third-order valence-electron chi connectivity index (χ3n) is 4.81. The number of fused-ring (bicyclic) bond motifs is 1. The van der Waals surface area contributed by atoms with Crippen LogP contribution in [0.2, 0.25) is 0 Å². The maximum Gasteiger partial charge on any atom is 0.352 e. The first-order valence-electron chi connectivity index (χ1n) is 10.0. The van der Waals surface area contributed by atoms with Crippen LogP contribution in [0.1, 0.15) is 0 Å². The highest BCUT2D eigenvalue weighted by atomic mass is 19.1. The lowest BCUT2D eigenvalue weighted by Gasteiger charge is -2.14. The number of nitrogens with zero attached hydrogens (tertiary/aromatic N) is 4. The fourth-order valence-electron chi connectivity index (χ4n) is 3.25. The molecule has 0 bridgehead atoms. The van der Waals surface area contributed by atoms with Gasteiger partial charge in [0.1, 0.15) is 18.2 Å². The summed E-state index contributed by atoms with van der Waals surface area (Å²) in [4.78, 5) is 29.5. The third-order valence-corrected chi connectivity index (χ3v) is 4.81. The quantitative estimate of drug-likeness (QED) is 0.405. The van der Waals surface area contributed by atoms with Crippen molar-refractivity contribution in [3.05, 3.63) is 65.0 Å². The average Bonchev–Trinajstić information content (AvgIpc) is 3.13. The van der Waals surface area contributed by atoms with E-state index in [1.165, 1.54) is 44.1 Å². The number of benzene rings is 2. The van der Waals surface area contributed by atoms with Gasteiger partial charge in [-0.15, -0.1) is 5.10 Å². The molecule has 2 aromatic carbocycles. The van der Waals surface area contributed by atoms with Gasteiger partial charge in [-0.05, 0) is 30.3 Å². The first-order chi connectivity index (χ1) is 16.4. The molecule has 2 heterocycles. The number of ether oxygens (including phenoxy) is 3. The summed E-state index contributed by atoms with van der Waals surface area (Å²) in [6, 6.07) is 10.4. The maximum absolute atomic E-state index is 13.1. The monoisotopic (exact) mass is 468 g/mol. The second-order valence-corrected chi connectivity index (χ2v) is 7.02. The predicted molar refractivity (Wildman–Crippen MR) is 122 cm³/mol. The van der Waals surface area contributed by atoms with Gasteiger partial charge in [0, 0.05) is 29.7 Å². The minimum atomic E-state index is -0.532. The van der Waals surface area contributed by atoms with Crippen LogP contribution in [0.3, 0.4) is 0 Å². The molecule has 12 heteroatoms. The van der Waals surface area contributed by atoms with Crippen molar-refractivity contribution in [2.75, 3.05) is 32.0 Å². The van der Waals surface area contributed by atoms with E-state index in [2.05, 4.69) is 20.7 Å². The molecular weight excluding hydrogens is 447 g/mol. The number of hydrogen-bond acceptors (Lipinski definition) is 8. The minimum absolute atomic E-state index is 0.0951. The Morgan fingerprint density at radius 2 is 1.68 bits per heavy atom. The zero-order valence-electron chi connectivity index (χ0n) is 18.5. The Hall–Kier alpha value is -4.61. The van der Waals surface area contributed by atoms with E-state index < -0.39 is 11.6 Å². The van der Waals surface area contributed by atoms with Crippen LogP contribution in [-0.4, -0.2) is 46.4 Å². The zero-order valence-corrected chi connectivity index (χ0v) is 18.5. The molecule has 0 saturated heterocycles. The van der Waals surface area contributed by atoms with Crippen LogP contribution >= 0.6 is 0 Å². The number of amides is 1. The lowest BCUT2D eigenvalue weighted by atomic mass is 10.2. The lowest BCUT2D eigenvalue weighted by molar-refractivity contribution is -0.117. The predicted octanol–water partition coefficient (Wildman–Crippen LogP) is 2.44. The summed E-state index contributed by atoms with van der Waals surface area (Å²) in [6.45, 7) is -0.348. The second-order valence-electron chi connectivity index (χ2n) is 7.02. The Labute approximate surface area is 192 Å². The largest absolute Gasteiger partial charge is 0.493 e. The number of rotatable bonds is 8. The molecule has 0 spiro atoms. The average molecular weight is 468 g/mol. The minimum Gasteiger partial charge on any atom is -0.493 e. The number of carbonyl (C=O) groups is 1. The number of anilines is 3. The molecule has 0 aliphatic heterocycles. The van der Waals surface area contributed by atoms with E-state index in [0.717, 1.165) is 4.68 Å². The third kappa shape index (κ3) is 4.60. The Morgan fingerprint density at radius 1 is 1.00 bits per heavy atom. The molecule has 34 heavy (non-hydrogen) atoms. The summed E-state index contributed by atoms with van der Waals surface area (Å²) in [5, 5.41) is 9.82. The highest BCUT2D eigenvalue weighted by Gasteiger charge is 2.16. The van der Waals surface area contributed by atoms with Gasteiger partial charge < -0.3 is 24.8 Å². The van der Waals surface area contributed by atoms with Crippen LogP contribution in [0, 0.1) is 5.82 Å². The van der Waals surface area contributed by atoms with Gasteiger partial charge in [0.2, 0.25) is 11.7 Å². The van der Waals surface area contributed by atoms with Crippen LogP contribution in [0.4, 0.5) is 21.6 Å². The van der Waals surface area contributed by atoms with Crippen LogP contribution in [0.15, 0.2) is 53.5 Å². The Morgan fingerprint density at radius 3 is 2.29 bits per heavy atom. The van der Waals surface area contributed by atoms with E-state index in [-0.39, 0.29) is 18.1 Å². The van der Waals surface area contributed by atoms with Gasteiger partial charge in [0.05, 0.1) is 21.3 Å². The zero-order chi connectivity index (χ0) is 24.2. The Bertz CT molecular complexity index is 1370. The summed E-state index contributed by atoms with van der Waals surface area (Å²) in [5.41, 5.74) is 0.473. The van der Waals surface area contributed by atoms with E-state index in [1.54, 1.807) is 30.3 Å². The van der Waals surface area contributed by atoms with Gasteiger partial charge in [0.15, 0.2) is 11.5 Å². The highest BCUT2D eigenvalue weighted by molar-refractivity contribution is 5.91. The molecular formula is C22H21FN6O5. The molecule has 4 rings (SSSR count). The van der Waals surface area contributed by atoms with Crippen molar-refractivity contribution in [2.45, 2.75) is 6.54 Å². The first kappa shape index (κ1) is 22.6.